The highest BCUT2D eigenvalue weighted by Gasteiger charge is 2.22. The molecule has 0 radical (unpaired) electrons. The molecule has 0 unspecified atom stereocenters. The average molecular weight is 250 g/mol. The molecular formula is C13H15FN2O2. The van der Waals surface area contributed by atoms with Gasteiger partial charge in [0.1, 0.15) is 17.5 Å². The minimum absolute atomic E-state index is 0.0864. The number of anilines is 1. The molecular weight excluding hydrogens is 235 g/mol. The number of carbonyl (C=O) groups is 1. The number of halogens is 1. The maximum absolute atomic E-state index is 13.0. The molecule has 0 aromatic heterocycles. The molecule has 1 aromatic rings. The van der Waals surface area contributed by atoms with Gasteiger partial charge >= 0.3 is 6.09 Å². The summed E-state index contributed by atoms with van der Waals surface area (Å²) in [6.07, 6.45) is -0.592. The van der Waals surface area contributed by atoms with Gasteiger partial charge in [0.2, 0.25) is 0 Å². The van der Waals surface area contributed by atoms with E-state index in [-0.39, 0.29) is 5.56 Å². The molecule has 4 nitrogen and oxygen atoms in total. The Balaban J connectivity index is 3.01. The van der Waals surface area contributed by atoms with Crippen molar-refractivity contribution in [3.63, 3.8) is 0 Å². The predicted molar refractivity (Wildman–Crippen MR) is 65.8 cm³/mol. The lowest BCUT2D eigenvalue weighted by Crippen LogP contribution is -2.34. The van der Waals surface area contributed by atoms with Crippen LogP contribution in [0.3, 0.4) is 0 Å². The maximum Gasteiger partial charge on any atom is 0.414 e. The number of nitriles is 1. The summed E-state index contributed by atoms with van der Waals surface area (Å²) < 4.78 is 18.2. The van der Waals surface area contributed by atoms with Crippen molar-refractivity contribution in [2.24, 2.45) is 0 Å². The standard InChI is InChI=1S/C13H15FN2O2/c1-13(2,3)18-12(17)16(4)11-6-5-10(14)7-9(11)8-15/h5-7H,1-4H3. The highest BCUT2D eigenvalue weighted by molar-refractivity contribution is 5.89. The molecule has 1 rings (SSSR count). The molecule has 1 aromatic carbocycles. The number of carbonyl (C=O) groups excluding carboxylic acids is 1. The van der Waals surface area contributed by atoms with E-state index in [2.05, 4.69) is 0 Å². The molecule has 0 aliphatic heterocycles. The predicted octanol–water partition coefficient (Wildman–Crippen LogP) is 3.07. The number of hydrogen-bond acceptors (Lipinski definition) is 3. The zero-order valence-corrected chi connectivity index (χ0v) is 10.8. The van der Waals surface area contributed by atoms with Crippen LogP contribution in [0.25, 0.3) is 0 Å². The first-order valence-corrected chi connectivity index (χ1v) is 5.41. The molecule has 1 amide bonds. The summed E-state index contributed by atoms with van der Waals surface area (Å²) in [6, 6.07) is 5.49. The second-order valence-corrected chi connectivity index (χ2v) is 4.81. The van der Waals surface area contributed by atoms with Crippen molar-refractivity contribution in [1.82, 2.24) is 0 Å². The first kappa shape index (κ1) is 14.0. The van der Waals surface area contributed by atoms with Crippen LogP contribution in [0.5, 0.6) is 0 Å². The largest absolute Gasteiger partial charge is 0.443 e. The molecule has 0 atom stereocenters. The molecule has 0 spiro atoms. The van der Waals surface area contributed by atoms with E-state index in [0.717, 1.165) is 6.07 Å². The molecule has 0 heterocycles. The van der Waals surface area contributed by atoms with Gasteiger partial charge in [0.05, 0.1) is 11.3 Å². The van der Waals surface area contributed by atoms with Crippen molar-refractivity contribution in [3.05, 3.63) is 29.6 Å². The van der Waals surface area contributed by atoms with E-state index in [1.165, 1.54) is 24.1 Å². The summed E-state index contributed by atoms with van der Waals surface area (Å²) in [7, 11) is 1.47. The Morgan fingerprint density at radius 1 is 1.44 bits per heavy atom. The van der Waals surface area contributed by atoms with Crippen molar-refractivity contribution in [2.75, 3.05) is 11.9 Å². The average Bonchev–Trinajstić information content (AvgIpc) is 2.25. The summed E-state index contributed by atoms with van der Waals surface area (Å²) >= 11 is 0. The minimum atomic E-state index is -0.627. The van der Waals surface area contributed by atoms with Crippen molar-refractivity contribution in [1.29, 1.82) is 5.26 Å². The van der Waals surface area contributed by atoms with Gasteiger partial charge in [0.25, 0.3) is 0 Å². The van der Waals surface area contributed by atoms with Gasteiger partial charge in [-0.05, 0) is 39.0 Å². The molecule has 0 saturated carbocycles. The maximum atomic E-state index is 13.0. The zero-order chi connectivity index (χ0) is 13.9. The van der Waals surface area contributed by atoms with Crippen LogP contribution < -0.4 is 4.90 Å². The molecule has 0 aliphatic carbocycles. The summed E-state index contributed by atoms with van der Waals surface area (Å²) in [5, 5.41) is 8.91. The summed E-state index contributed by atoms with van der Waals surface area (Å²) in [6.45, 7) is 5.23. The van der Waals surface area contributed by atoms with Gasteiger partial charge in [-0.2, -0.15) is 5.26 Å². The second kappa shape index (κ2) is 5.05. The third-order valence-corrected chi connectivity index (χ3v) is 2.11. The topological polar surface area (TPSA) is 53.3 Å². The van der Waals surface area contributed by atoms with Gasteiger partial charge in [-0.25, -0.2) is 9.18 Å². The van der Waals surface area contributed by atoms with Crippen molar-refractivity contribution in [2.45, 2.75) is 26.4 Å². The van der Waals surface area contributed by atoms with Crippen LogP contribution in [0.4, 0.5) is 14.9 Å². The zero-order valence-electron chi connectivity index (χ0n) is 10.8. The number of amides is 1. The molecule has 0 bridgehead atoms. The monoisotopic (exact) mass is 250 g/mol. The summed E-state index contributed by atoms with van der Waals surface area (Å²) in [4.78, 5) is 13.0. The fourth-order valence-electron chi connectivity index (χ4n) is 1.32. The van der Waals surface area contributed by atoms with Gasteiger partial charge in [0, 0.05) is 7.05 Å². The smallest absolute Gasteiger partial charge is 0.414 e. The van der Waals surface area contributed by atoms with Crippen LogP contribution in [-0.4, -0.2) is 18.7 Å². The van der Waals surface area contributed by atoms with Gasteiger partial charge in [-0.1, -0.05) is 0 Å². The van der Waals surface area contributed by atoms with E-state index in [4.69, 9.17) is 10.00 Å². The molecule has 0 aliphatic rings. The van der Waals surface area contributed by atoms with Gasteiger partial charge in [0.15, 0.2) is 0 Å². The van der Waals surface area contributed by atoms with E-state index in [1.54, 1.807) is 20.8 Å². The second-order valence-electron chi connectivity index (χ2n) is 4.81. The van der Waals surface area contributed by atoms with E-state index in [1.807, 2.05) is 6.07 Å². The fraction of sp³-hybridized carbons (Fsp3) is 0.385. The SMILES string of the molecule is CN(C(=O)OC(C)(C)C)c1ccc(F)cc1C#N. The first-order valence-electron chi connectivity index (χ1n) is 5.41. The Morgan fingerprint density at radius 3 is 2.56 bits per heavy atom. The highest BCUT2D eigenvalue weighted by Crippen LogP contribution is 2.21. The molecule has 5 heteroatoms. The van der Waals surface area contributed by atoms with Crippen LogP contribution in [0, 0.1) is 17.1 Å². The van der Waals surface area contributed by atoms with Crippen LogP contribution in [0.15, 0.2) is 18.2 Å². The number of rotatable bonds is 1. The normalized spacial score (nSPS) is 10.7. The molecule has 18 heavy (non-hydrogen) atoms. The van der Waals surface area contributed by atoms with Crippen molar-refractivity contribution < 1.29 is 13.9 Å². The number of ether oxygens (including phenoxy) is 1. The van der Waals surface area contributed by atoms with E-state index in [9.17, 15) is 9.18 Å². The van der Waals surface area contributed by atoms with Gasteiger partial charge < -0.3 is 4.74 Å². The lowest BCUT2D eigenvalue weighted by atomic mass is 10.1. The fourth-order valence-corrected chi connectivity index (χ4v) is 1.32. The van der Waals surface area contributed by atoms with Crippen molar-refractivity contribution >= 4 is 11.8 Å². The lowest BCUT2D eigenvalue weighted by molar-refractivity contribution is 0.0589. The Morgan fingerprint density at radius 2 is 2.06 bits per heavy atom. The quantitative estimate of drug-likeness (QED) is 0.769. The van der Waals surface area contributed by atoms with Crippen LogP contribution in [-0.2, 0) is 4.74 Å². The highest BCUT2D eigenvalue weighted by atomic mass is 19.1. The van der Waals surface area contributed by atoms with Crippen LogP contribution in [0.2, 0.25) is 0 Å². The molecule has 96 valence electrons. The summed E-state index contributed by atoms with van der Waals surface area (Å²) in [5.74, 6) is -0.520. The number of hydrogen-bond donors (Lipinski definition) is 0. The third-order valence-electron chi connectivity index (χ3n) is 2.11. The van der Waals surface area contributed by atoms with Gasteiger partial charge in [-0.15, -0.1) is 0 Å². The molecule has 0 fully saturated rings. The minimum Gasteiger partial charge on any atom is -0.443 e. The van der Waals surface area contributed by atoms with E-state index in [0.29, 0.717) is 5.69 Å². The third kappa shape index (κ3) is 3.45. The Kier molecular flexibility index (Phi) is 3.92. The van der Waals surface area contributed by atoms with E-state index >= 15 is 0 Å². The first-order chi connectivity index (χ1) is 8.24. The number of nitrogens with zero attached hydrogens (tertiary/aromatic N) is 2. The van der Waals surface area contributed by atoms with Crippen LogP contribution >= 0.6 is 0 Å². The Labute approximate surface area is 106 Å². The van der Waals surface area contributed by atoms with E-state index < -0.39 is 17.5 Å². The van der Waals surface area contributed by atoms with Gasteiger partial charge in [-0.3, -0.25) is 4.90 Å². The lowest BCUT2D eigenvalue weighted by Gasteiger charge is -2.25. The number of benzene rings is 1. The Hall–Kier alpha value is -2.09. The molecule has 0 saturated heterocycles. The molecule has 0 N–H and O–H groups in total. The van der Waals surface area contributed by atoms with Crippen molar-refractivity contribution in [3.8, 4) is 6.07 Å². The summed E-state index contributed by atoms with van der Waals surface area (Å²) in [5.41, 5.74) is -0.227. The Bertz CT molecular complexity index is 501. The van der Waals surface area contributed by atoms with Crippen LogP contribution in [0.1, 0.15) is 26.3 Å².